The van der Waals surface area contributed by atoms with Gasteiger partial charge in [0.15, 0.2) is 18.2 Å². The number of rotatable bonds is 5. The van der Waals surface area contributed by atoms with E-state index in [-0.39, 0.29) is 25.5 Å². The molecule has 0 amide bonds. The zero-order chi connectivity index (χ0) is 18.5. The van der Waals surface area contributed by atoms with Crippen molar-refractivity contribution >= 4 is 22.0 Å². The fourth-order valence-electron chi connectivity index (χ4n) is 3.17. The molecule has 0 aliphatic carbocycles. The van der Waals surface area contributed by atoms with E-state index in [1.54, 1.807) is 13.8 Å². The van der Waals surface area contributed by atoms with Crippen LogP contribution < -0.4 is 0 Å². The van der Waals surface area contributed by atoms with Gasteiger partial charge in [-0.1, -0.05) is 0 Å². The fraction of sp³-hybridized carbons (Fsp3) is 0.857. The minimum absolute atomic E-state index is 0.0145. The Morgan fingerprint density at radius 3 is 2.72 bits per heavy atom. The number of esters is 1. The molecule has 25 heavy (non-hydrogen) atoms. The van der Waals surface area contributed by atoms with Crippen LogP contribution in [0.5, 0.6) is 0 Å². The fourth-order valence-corrected chi connectivity index (χ4v) is 3.95. The van der Waals surface area contributed by atoms with Crippen LogP contribution in [0.4, 0.5) is 0 Å². The lowest BCUT2D eigenvalue weighted by molar-refractivity contribution is -0.215. The minimum Gasteiger partial charge on any atom is -0.478 e. The highest BCUT2D eigenvalue weighted by atomic mass is 32.2. The summed E-state index contributed by atoms with van der Waals surface area (Å²) in [6.45, 7) is 3.45. The van der Waals surface area contributed by atoms with Gasteiger partial charge >= 0.3 is 5.97 Å². The molecule has 3 aliphatic rings. The van der Waals surface area contributed by atoms with Gasteiger partial charge in [-0.2, -0.15) is 8.42 Å². The average molecular weight is 379 g/mol. The van der Waals surface area contributed by atoms with E-state index in [1.165, 1.54) is 7.11 Å². The molecule has 0 aromatic heterocycles. The third-order valence-corrected chi connectivity index (χ3v) is 4.63. The van der Waals surface area contributed by atoms with Crippen molar-refractivity contribution in [2.45, 2.75) is 50.2 Å². The van der Waals surface area contributed by atoms with E-state index in [9.17, 15) is 13.2 Å². The van der Waals surface area contributed by atoms with E-state index in [1.807, 2.05) is 0 Å². The van der Waals surface area contributed by atoms with Crippen molar-refractivity contribution in [3.63, 3.8) is 0 Å². The highest BCUT2D eigenvalue weighted by Gasteiger charge is 2.71. The molecule has 2 fully saturated rings. The number of methoxy groups -OCH3 is 1. The Bertz CT molecular complexity index is 688. The number of aliphatic imine (C=N–C) groups is 1. The Hall–Kier alpha value is -1.27. The first kappa shape index (κ1) is 18.5. The van der Waals surface area contributed by atoms with E-state index in [0.717, 1.165) is 6.26 Å². The van der Waals surface area contributed by atoms with Gasteiger partial charge in [0.05, 0.1) is 26.3 Å². The van der Waals surface area contributed by atoms with Crippen LogP contribution >= 0.6 is 0 Å². The second kappa shape index (κ2) is 6.16. The summed E-state index contributed by atoms with van der Waals surface area (Å²) in [4.78, 5) is 15.5. The average Bonchev–Trinajstić information content (AvgIpc) is 3.04. The van der Waals surface area contributed by atoms with Crippen molar-refractivity contribution in [2.75, 3.05) is 26.5 Å². The third kappa shape index (κ3) is 3.38. The first-order chi connectivity index (χ1) is 11.6. The topological polar surface area (TPSA) is 119 Å². The number of ether oxygens (including phenoxy) is 5. The van der Waals surface area contributed by atoms with Crippen LogP contribution in [-0.2, 0) is 42.8 Å². The van der Waals surface area contributed by atoms with E-state index >= 15 is 0 Å². The van der Waals surface area contributed by atoms with Crippen molar-refractivity contribution in [3.05, 3.63) is 0 Å². The summed E-state index contributed by atoms with van der Waals surface area (Å²) >= 11 is 0. The second-order valence-corrected chi connectivity index (χ2v) is 8.03. The SMILES string of the molecule is COC(=O)CCOC1=NC[C@H]2O[C@@H]3OC(C)(C)O[C@@H]3[C@@]12OS(C)(=O)=O. The molecule has 0 saturated carbocycles. The molecule has 3 aliphatic heterocycles. The van der Waals surface area contributed by atoms with Crippen LogP contribution in [-0.4, -0.2) is 76.7 Å². The molecule has 3 rings (SSSR count). The van der Waals surface area contributed by atoms with Crippen LogP contribution in [0.1, 0.15) is 20.3 Å². The van der Waals surface area contributed by atoms with Crippen molar-refractivity contribution in [1.29, 1.82) is 0 Å². The summed E-state index contributed by atoms with van der Waals surface area (Å²) in [5, 5.41) is 0. The van der Waals surface area contributed by atoms with Crippen LogP contribution in [0.25, 0.3) is 0 Å². The van der Waals surface area contributed by atoms with Gasteiger partial charge < -0.3 is 23.7 Å². The lowest BCUT2D eigenvalue weighted by Crippen LogP contribution is -2.56. The lowest BCUT2D eigenvalue weighted by Gasteiger charge is -2.32. The molecule has 0 unspecified atom stereocenters. The number of hydrogen-bond donors (Lipinski definition) is 0. The molecule has 4 atom stereocenters. The first-order valence-electron chi connectivity index (χ1n) is 7.74. The van der Waals surface area contributed by atoms with Gasteiger partial charge in [0.25, 0.3) is 10.1 Å². The van der Waals surface area contributed by atoms with E-state index < -0.39 is 46.0 Å². The zero-order valence-electron chi connectivity index (χ0n) is 14.4. The number of carbonyl (C=O) groups is 1. The van der Waals surface area contributed by atoms with Gasteiger partial charge in [0.2, 0.25) is 11.5 Å². The Labute approximate surface area is 145 Å². The number of fused-ring (bicyclic) bond motifs is 3. The van der Waals surface area contributed by atoms with Gasteiger partial charge in [-0.3, -0.25) is 4.79 Å². The Balaban J connectivity index is 1.86. The Morgan fingerprint density at radius 1 is 1.36 bits per heavy atom. The zero-order valence-corrected chi connectivity index (χ0v) is 15.2. The highest BCUT2D eigenvalue weighted by molar-refractivity contribution is 7.86. The second-order valence-electron chi connectivity index (χ2n) is 6.45. The van der Waals surface area contributed by atoms with Crippen molar-refractivity contribution in [1.82, 2.24) is 0 Å². The maximum atomic E-state index is 11.9. The number of hydrogen-bond acceptors (Lipinski definition) is 10. The summed E-state index contributed by atoms with van der Waals surface area (Å²) in [5.74, 6) is -1.43. The normalized spacial score (nSPS) is 35.8. The lowest BCUT2D eigenvalue weighted by atomic mass is 9.94. The maximum absolute atomic E-state index is 11.9. The van der Waals surface area contributed by atoms with Gasteiger partial charge in [-0.25, -0.2) is 9.18 Å². The third-order valence-electron chi connectivity index (χ3n) is 4.05. The van der Waals surface area contributed by atoms with E-state index in [0.29, 0.717) is 0 Å². The summed E-state index contributed by atoms with van der Waals surface area (Å²) in [6.07, 6.45) is -1.51. The predicted octanol–water partition coefficient (Wildman–Crippen LogP) is -0.430. The van der Waals surface area contributed by atoms with Gasteiger partial charge in [0, 0.05) is 0 Å². The van der Waals surface area contributed by atoms with Gasteiger partial charge in [-0.05, 0) is 13.8 Å². The molecule has 2 saturated heterocycles. The molecule has 0 aromatic carbocycles. The Kier molecular flexibility index (Phi) is 4.57. The molecule has 0 bridgehead atoms. The van der Waals surface area contributed by atoms with Crippen LogP contribution in [0.2, 0.25) is 0 Å². The molecule has 0 radical (unpaired) electrons. The first-order valence-corrected chi connectivity index (χ1v) is 9.55. The van der Waals surface area contributed by atoms with Crippen LogP contribution in [0.3, 0.4) is 0 Å². The number of nitrogens with zero attached hydrogens (tertiary/aromatic N) is 1. The van der Waals surface area contributed by atoms with E-state index in [4.69, 9.17) is 23.1 Å². The quantitative estimate of drug-likeness (QED) is 0.463. The molecule has 0 spiro atoms. The molecule has 11 heteroatoms. The highest BCUT2D eigenvalue weighted by Crippen LogP contribution is 2.48. The molecule has 3 heterocycles. The predicted molar refractivity (Wildman–Crippen MR) is 82.2 cm³/mol. The molecular formula is C14H21NO9S. The van der Waals surface area contributed by atoms with Gasteiger partial charge in [0.1, 0.15) is 12.7 Å². The summed E-state index contributed by atoms with van der Waals surface area (Å²) < 4.78 is 56.5. The molecular weight excluding hydrogens is 358 g/mol. The maximum Gasteiger partial charge on any atom is 0.308 e. The summed E-state index contributed by atoms with van der Waals surface area (Å²) in [7, 11) is -2.63. The molecule has 0 N–H and O–H groups in total. The molecule has 142 valence electrons. The molecule has 10 nitrogen and oxygen atoms in total. The molecule has 0 aromatic rings. The van der Waals surface area contributed by atoms with Crippen LogP contribution in [0, 0.1) is 0 Å². The smallest absolute Gasteiger partial charge is 0.308 e. The Morgan fingerprint density at radius 2 is 2.08 bits per heavy atom. The monoisotopic (exact) mass is 379 g/mol. The van der Waals surface area contributed by atoms with Crippen LogP contribution in [0.15, 0.2) is 4.99 Å². The number of carbonyl (C=O) groups excluding carboxylic acids is 1. The van der Waals surface area contributed by atoms with Crippen molar-refractivity contribution < 1.29 is 41.1 Å². The van der Waals surface area contributed by atoms with Gasteiger partial charge in [-0.15, -0.1) is 0 Å². The standard InChI is InChI=1S/C14H21NO9S/c1-13(2)22-10-11(23-13)21-8-7-15-12(20-6-5-9(16)19-3)14(8,10)24-25(4,17)18/h8,10-11H,5-7H2,1-4H3/t8-,10+,11-,14-/m1/s1. The minimum atomic E-state index is -3.89. The van der Waals surface area contributed by atoms with Crippen molar-refractivity contribution in [3.8, 4) is 0 Å². The van der Waals surface area contributed by atoms with Crippen molar-refractivity contribution in [2.24, 2.45) is 4.99 Å². The summed E-state index contributed by atoms with van der Waals surface area (Å²) in [5.41, 5.74) is -1.58. The summed E-state index contributed by atoms with van der Waals surface area (Å²) in [6, 6.07) is 0. The van der Waals surface area contributed by atoms with E-state index in [2.05, 4.69) is 9.73 Å². The largest absolute Gasteiger partial charge is 0.478 e.